The normalized spacial score (nSPS) is 13.2. The van der Waals surface area contributed by atoms with Gasteiger partial charge in [0.15, 0.2) is 11.6 Å². The molecule has 0 fully saturated rings. The molecule has 1 aliphatic heterocycles. The average molecular weight is 444 g/mol. The summed E-state index contributed by atoms with van der Waals surface area (Å²) >= 11 is 1.74. The van der Waals surface area contributed by atoms with E-state index in [1.807, 2.05) is 6.07 Å². The third-order valence-corrected chi connectivity index (χ3v) is 6.69. The highest BCUT2D eigenvalue weighted by Crippen LogP contribution is 2.38. The van der Waals surface area contributed by atoms with Gasteiger partial charge in [0.2, 0.25) is 6.79 Å². The molecule has 32 heavy (non-hydrogen) atoms. The minimum absolute atomic E-state index is 0.267. The van der Waals surface area contributed by atoms with Crippen LogP contribution in [0.2, 0.25) is 0 Å². The minimum Gasteiger partial charge on any atom is -0.462 e. The van der Waals surface area contributed by atoms with Crippen LogP contribution in [0.25, 0.3) is 20.7 Å². The Hall–Kier alpha value is -3.38. The van der Waals surface area contributed by atoms with Crippen LogP contribution in [0.5, 0.6) is 0 Å². The third-order valence-electron chi connectivity index (χ3n) is 5.52. The number of anilines is 1. The predicted octanol–water partition coefficient (Wildman–Crippen LogP) is 6.33. The highest BCUT2D eigenvalue weighted by molar-refractivity contribution is 7.22. The largest absolute Gasteiger partial charge is 0.462 e. The number of benzene rings is 2. The first-order chi connectivity index (χ1) is 15.7. The van der Waals surface area contributed by atoms with Crippen LogP contribution in [0.15, 0.2) is 79.0 Å². The summed E-state index contributed by atoms with van der Waals surface area (Å²) in [4.78, 5) is 12.7. The van der Waals surface area contributed by atoms with Crippen LogP contribution in [-0.4, -0.2) is 23.3 Å². The Bertz CT molecular complexity index is 1250. The molecule has 3 heterocycles. The first-order valence-corrected chi connectivity index (χ1v) is 11.6. The van der Waals surface area contributed by atoms with Gasteiger partial charge in [0.1, 0.15) is 12.6 Å². The molecule has 1 aliphatic rings. The van der Waals surface area contributed by atoms with E-state index in [0.29, 0.717) is 19.0 Å². The molecule has 0 atom stereocenters. The molecule has 5 nitrogen and oxygen atoms in total. The van der Waals surface area contributed by atoms with E-state index in [1.54, 1.807) is 23.9 Å². The molecule has 6 heteroatoms. The van der Waals surface area contributed by atoms with Crippen LogP contribution >= 0.6 is 11.3 Å². The van der Waals surface area contributed by atoms with Gasteiger partial charge in [-0.1, -0.05) is 68.4 Å². The summed E-state index contributed by atoms with van der Waals surface area (Å²) in [7, 11) is 0. The number of nitrogens with zero attached hydrogens (tertiary/aromatic N) is 3. The van der Waals surface area contributed by atoms with E-state index in [1.165, 1.54) is 21.6 Å². The fraction of sp³-hybridized carbons (Fsp3) is 0.231. The van der Waals surface area contributed by atoms with Gasteiger partial charge in [-0.3, -0.25) is 0 Å². The Morgan fingerprint density at radius 1 is 1.00 bits per heavy atom. The number of thiophene rings is 1. The highest BCUT2D eigenvalue weighted by Gasteiger charge is 2.20. The van der Waals surface area contributed by atoms with Gasteiger partial charge >= 0.3 is 0 Å². The lowest BCUT2D eigenvalue weighted by Gasteiger charge is -2.24. The van der Waals surface area contributed by atoms with Crippen molar-refractivity contribution in [3.8, 4) is 10.4 Å². The second kappa shape index (κ2) is 9.01. The second-order valence-corrected chi connectivity index (χ2v) is 9.21. The zero-order valence-electron chi connectivity index (χ0n) is 18.2. The van der Waals surface area contributed by atoms with E-state index < -0.39 is 0 Å². The van der Waals surface area contributed by atoms with Crippen molar-refractivity contribution >= 4 is 27.4 Å². The van der Waals surface area contributed by atoms with Gasteiger partial charge in [-0.25, -0.2) is 9.97 Å². The molecule has 2 aromatic carbocycles. The first-order valence-electron chi connectivity index (χ1n) is 10.7. The standard InChI is InChI=1S/C26H25N3O2S/c1-18(2)20-9-6-10-21(11-20)24-12-23-25(32-24)26(28-16-27-23)29(14-22-15-30-17-31-22)13-19-7-4-3-5-8-19/h3-12,15-16,18H,13-14,17H2,1-2H3. The van der Waals surface area contributed by atoms with Gasteiger partial charge < -0.3 is 14.4 Å². The van der Waals surface area contributed by atoms with Gasteiger partial charge in [-0.2, -0.15) is 0 Å². The summed E-state index contributed by atoms with van der Waals surface area (Å²) in [6.45, 7) is 6.00. The van der Waals surface area contributed by atoms with Crippen molar-refractivity contribution in [2.24, 2.45) is 0 Å². The molecule has 0 saturated heterocycles. The molecular weight excluding hydrogens is 418 g/mol. The number of hydrogen-bond acceptors (Lipinski definition) is 6. The lowest BCUT2D eigenvalue weighted by Crippen LogP contribution is -2.26. The van der Waals surface area contributed by atoms with Crippen molar-refractivity contribution in [3.05, 3.63) is 90.1 Å². The van der Waals surface area contributed by atoms with Crippen LogP contribution in [0, 0.1) is 0 Å². The fourth-order valence-corrected chi connectivity index (χ4v) is 4.94. The number of hydrogen-bond donors (Lipinski definition) is 0. The number of aromatic nitrogens is 2. The Labute approximate surface area is 192 Å². The molecule has 0 spiro atoms. The lowest BCUT2D eigenvalue weighted by atomic mass is 10.0. The maximum atomic E-state index is 5.62. The molecule has 0 saturated carbocycles. The van der Waals surface area contributed by atoms with Crippen molar-refractivity contribution in [2.75, 3.05) is 18.2 Å². The Kier molecular flexibility index (Phi) is 5.77. The maximum Gasteiger partial charge on any atom is 0.229 e. The molecule has 5 rings (SSSR count). The number of fused-ring (bicyclic) bond motifs is 1. The summed E-state index contributed by atoms with van der Waals surface area (Å²) in [6.07, 6.45) is 3.34. The molecule has 162 valence electrons. The predicted molar refractivity (Wildman–Crippen MR) is 130 cm³/mol. The van der Waals surface area contributed by atoms with Crippen molar-refractivity contribution < 1.29 is 9.47 Å². The average Bonchev–Trinajstić information content (AvgIpc) is 3.49. The molecular formula is C26H25N3O2S. The zero-order chi connectivity index (χ0) is 21.9. The van der Waals surface area contributed by atoms with Crippen molar-refractivity contribution in [1.82, 2.24) is 9.97 Å². The van der Waals surface area contributed by atoms with Gasteiger partial charge in [0, 0.05) is 11.4 Å². The van der Waals surface area contributed by atoms with Crippen molar-refractivity contribution in [1.29, 1.82) is 0 Å². The van der Waals surface area contributed by atoms with Crippen molar-refractivity contribution in [3.63, 3.8) is 0 Å². The molecule has 0 bridgehead atoms. The summed E-state index contributed by atoms with van der Waals surface area (Å²) in [5.74, 6) is 2.20. The van der Waals surface area contributed by atoms with Crippen LogP contribution in [0.1, 0.15) is 30.9 Å². The van der Waals surface area contributed by atoms with E-state index in [4.69, 9.17) is 14.5 Å². The zero-order valence-corrected chi connectivity index (χ0v) is 19.0. The molecule has 0 radical (unpaired) electrons. The Balaban J connectivity index is 1.55. The molecule has 0 aliphatic carbocycles. The van der Waals surface area contributed by atoms with E-state index in [2.05, 4.69) is 78.3 Å². The second-order valence-electron chi connectivity index (χ2n) is 8.16. The topological polar surface area (TPSA) is 47.5 Å². The van der Waals surface area contributed by atoms with E-state index in [-0.39, 0.29) is 6.79 Å². The molecule has 0 unspecified atom stereocenters. The van der Waals surface area contributed by atoms with E-state index in [0.717, 1.165) is 21.8 Å². The summed E-state index contributed by atoms with van der Waals surface area (Å²) < 4.78 is 12.0. The molecule has 0 N–H and O–H groups in total. The quantitative estimate of drug-likeness (QED) is 0.334. The summed E-state index contributed by atoms with van der Waals surface area (Å²) in [6, 6.07) is 21.3. The minimum atomic E-state index is 0.267. The first kappa shape index (κ1) is 20.5. The number of rotatable bonds is 7. The van der Waals surface area contributed by atoms with Gasteiger partial charge in [0.05, 0.1) is 16.8 Å². The van der Waals surface area contributed by atoms with Gasteiger partial charge in [0.25, 0.3) is 0 Å². The van der Waals surface area contributed by atoms with Gasteiger partial charge in [-0.05, 0) is 28.7 Å². The monoisotopic (exact) mass is 443 g/mol. The van der Waals surface area contributed by atoms with Crippen LogP contribution in [0.3, 0.4) is 0 Å². The smallest absolute Gasteiger partial charge is 0.229 e. The van der Waals surface area contributed by atoms with E-state index >= 15 is 0 Å². The van der Waals surface area contributed by atoms with Crippen LogP contribution in [-0.2, 0) is 16.0 Å². The number of ether oxygens (including phenoxy) is 2. The Morgan fingerprint density at radius 2 is 1.88 bits per heavy atom. The van der Waals surface area contributed by atoms with E-state index in [9.17, 15) is 0 Å². The van der Waals surface area contributed by atoms with Crippen LogP contribution < -0.4 is 4.90 Å². The lowest BCUT2D eigenvalue weighted by molar-refractivity contribution is 0.0797. The summed E-state index contributed by atoms with van der Waals surface area (Å²) in [5.41, 5.74) is 4.72. The fourth-order valence-electron chi connectivity index (χ4n) is 3.81. The third kappa shape index (κ3) is 4.32. The maximum absolute atomic E-state index is 5.62. The van der Waals surface area contributed by atoms with Gasteiger partial charge in [-0.15, -0.1) is 11.3 Å². The molecule has 0 amide bonds. The summed E-state index contributed by atoms with van der Waals surface area (Å²) in [5, 5.41) is 0. The van der Waals surface area contributed by atoms with Crippen LogP contribution in [0.4, 0.5) is 5.82 Å². The molecule has 4 aromatic rings. The highest BCUT2D eigenvalue weighted by atomic mass is 32.1. The Morgan fingerprint density at radius 3 is 2.66 bits per heavy atom. The molecule has 2 aromatic heterocycles. The van der Waals surface area contributed by atoms with Crippen molar-refractivity contribution in [2.45, 2.75) is 26.3 Å². The SMILES string of the molecule is CC(C)c1cccc(-c2cc3ncnc(N(CC4=COCO4)Cc4ccccc4)c3s2)c1.